The van der Waals surface area contributed by atoms with Crippen molar-refractivity contribution < 1.29 is 9.53 Å². The summed E-state index contributed by atoms with van der Waals surface area (Å²) in [4.78, 5) is 19.3. The molecule has 2 aromatic carbocycles. The summed E-state index contributed by atoms with van der Waals surface area (Å²) in [5.74, 6) is 1.33. The van der Waals surface area contributed by atoms with Crippen LogP contribution in [0.25, 0.3) is 22.2 Å². The third-order valence-corrected chi connectivity index (χ3v) is 5.11. The van der Waals surface area contributed by atoms with Gasteiger partial charge in [-0.3, -0.25) is 4.79 Å². The van der Waals surface area contributed by atoms with Gasteiger partial charge in [0, 0.05) is 30.1 Å². The fraction of sp³-hybridized carbons (Fsp3) is 0.304. The molecule has 1 saturated heterocycles. The van der Waals surface area contributed by atoms with Crippen molar-refractivity contribution in [2.45, 2.75) is 19.8 Å². The molecule has 1 aliphatic heterocycles. The Labute approximate surface area is 159 Å². The van der Waals surface area contributed by atoms with Crippen LogP contribution in [0.5, 0.6) is 5.75 Å². The van der Waals surface area contributed by atoms with E-state index in [4.69, 9.17) is 9.72 Å². The molecule has 0 bridgehead atoms. The van der Waals surface area contributed by atoms with Crippen molar-refractivity contribution in [2.75, 3.05) is 19.7 Å². The maximum Gasteiger partial charge on any atom is 0.260 e. The molecule has 27 heavy (non-hydrogen) atoms. The summed E-state index contributed by atoms with van der Waals surface area (Å²) in [5.41, 5.74) is 2.75. The molecule has 1 amide bonds. The molecule has 1 fully saturated rings. The molecule has 0 radical (unpaired) electrons. The van der Waals surface area contributed by atoms with Crippen molar-refractivity contribution in [1.29, 1.82) is 0 Å². The number of piperidine rings is 1. The summed E-state index contributed by atoms with van der Waals surface area (Å²) in [7, 11) is 0. The zero-order valence-electron chi connectivity index (χ0n) is 15.6. The highest BCUT2D eigenvalue weighted by molar-refractivity contribution is 5.88. The molecule has 1 unspecified atom stereocenters. The number of hydrogen-bond donors (Lipinski definition) is 0. The summed E-state index contributed by atoms with van der Waals surface area (Å²) in [5, 5.41) is 0.928. The highest BCUT2D eigenvalue weighted by Crippen LogP contribution is 2.30. The SMILES string of the molecule is CC1CCCN(C(=O)COc2cc(-c3ccccc3)nc3ccccc23)C1. The molecule has 1 aromatic heterocycles. The van der Waals surface area contributed by atoms with Gasteiger partial charge in [-0.05, 0) is 30.9 Å². The average molecular weight is 360 g/mol. The molecule has 0 spiro atoms. The highest BCUT2D eigenvalue weighted by atomic mass is 16.5. The first-order valence-corrected chi connectivity index (χ1v) is 9.56. The average Bonchev–Trinajstić information content (AvgIpc) is 2.72. The van der Waals surface area contributed by atoms with Gasteiger partial charge in [-0.1, -0.05) is 49.4 Å². The van der Waals surface area contributed by atoms with E-state index in [0.29, 0.717) is 11.7 Å². The molecule has 4 heteroatoms. The van der Waals surface area contributed by atoms with Crippen LogP contribution in [0.15, 0.2) is 60.7 Å². The van der Waals surface area contributed by atoms with Gasteiger partial charge < -0.3 is 9.64 Å². The van der Waals surface area contributed by atoms with E-state index >= 15 is 0 Å². The van der Waals surface area contributed by atoms with Crippen molar-refractivity contribution in [2.24, 2.45) is 5.92 Å². The quantitative estimate of drug-likeness (QED) is 0.686. The number of hydrogen-bond acceptors (Lipinski definition) is 3. The third kappa shape index (κ3) is 3.95. The van der Waals surface area contributed by atoms with E-state index in [9.17, 15) is 4.79 Å². The monoisotopic (exact) mass is 360 g/mol. The van der Waals surface area contributed by atoms with Crippen molar-refractivity contribution in [1.82, 2.24) is 9.88 Å². The van der Waals surface area contributed by atoms with Crippen LogP contribution in [0.3, 0.4) is 0 Å². The lowest BCUT2D eigenvalue weighted by molar-refractivity contribution is -0.135. The van der Waals surface area contributed by atoms with Crippen LogP contribution >= 0.6 is 0 Å². The van der Waals surface area contributed by atoms with Crippen LogP contribution in [-0.4, -0.2) is 35.5 Å². The van der Waals surface area contributed by atoms with Gasteiger partial charge >= 0.3 is 0 Å². The number of rotatable bonds is 4. The van der Waals surface area contributed by atoms with Crippen LogP contribution in [0.2, 0.25) is 0 Å². The lowest BCUT2D eigenvalue weighted by Gasteiger charge is -2.30. The van der Waals surface area contributed by atoms with Gasteiger partial charge in [0.25, 0.3) is 5.91 Å². The van der Waals surface area contributed by atoms with Gasteiger partial charge in [-0.25, -0.2) is 4.98 Å². The first-order valence-electron chi connectivity index (χ1n) is 9.56. The number of fused-ring (bicyclic) bond motifs is 1. The van der Waals surface area contributed by atoms with E-state index in [1.165, 1.54) is 6.42 Å². The molecular formula is C23H24N2O2. The van der Waals surface area contributed by atoms with E-state index in [0.717, 1.165) is 41.7 Å². The lowest BCUT2D eigenvalue weighted by Crippen LogP contribution is -2.41. The fourth-order valence-electron chi connectivity index (χ4n) is 3.67. The standard InChI is InChI=1S/C23H24N2O2/c1-17-8-7-13-25(15-17)23(26)16-27-22-14-21(18-9-3-2-4-10-18)24-20-12-6-5-11-19(20)22/h2-6,9-12,14,17H,7-8,13,15-16H2,1H3. The molecule has 0 N–H and O–H groups in total. The summed E-state index contributed by atoms with van der Waals surface area (Å²) in [6, 6.07) is 19.9. The number of benzene rings is 2. The van der Waals surface area contributed by atoms with Gasteiger partial charge in [0.2, 0.25) is 0 Å². The summed E-state index contributed by atoms with van der Waals surface area (Å²) in [6.07, 6.45) is 2.27. The summed E-state index contributed by atoms with van der Waals surface area (Å²) >= 11 is 0. The molecule has 4 nitrogen and oxygen atoms in total. The van der Waals surface area contributed by atoms with Crippen LogP contribution in [0, 0.1) is 5.92 Å². The van der Waals surface area contributed by atoms with Gasteiger partial charge in [-0.2, -0.15) is 0 Å². The van der Waals surface area contributed by atoms with Crippen LogP contribution in [-0.2, 0) is 4.79 Å². The Morgan fingerprint density at radius 1 is 1.15 bits per heavy atom. The van der Waals surface area contributed by atoms with Crippen molar-refractivity contribution in [3.05, 3.63) is 60.7 Å². The molecule has 4 rings (SSSR count). The first kappa shape index (κ1) is 17.5. The second-order valence-corrected chi connectivity index (χ2v) is 7.26. The van der Waals surface area contributed by atoms with Gasteiger partial charge in [0.1, 0.15) is 5.75 Å². The Kier molecular flexibility index (Phi) is 5.05. The highest BCUT2D eigenvalue weighted by Gasteiger charge is 2.21. The lowest BCUT2D eigenvalue weighted by atomic mass is 10.0. The van der Waals surface area contributed by atoms with E-state index in [1.807, 2.05) is 65.6 Å². The number of nitrogens with zero attached hydrogens (tertiary/aromatic N) is 2. The van der Waals surface area contributed by atoms with Gasteiger partial charge in [-0.15, -0.1) is 0 Å². The topological polar surface area (TPSA) is 42.4 Å². The summed E-state index contributed by atoms with van der Waals surface area (Å²) < 4.78 is 6.00. The van der Waals surface area contributed by atoms with Gasteiger partial charge in [0.15, 0.2) is 6.61 Å². The molecule has 0 saturated carbocycles. The predicted molar refractivity (Wildman–Crippen MR) is 108 cm³/mol. The molecule has 1 atom stereocenters. The molecule has 0 aliphatic carbocycles. The molecular weight excluding hydrogens is 336 g/mol. The van der Waals surface area contributed by atoms with E-state index < -0.39 is 0 Å². The molecule has 1 aliphatic rings. The summed E-state index contributed by atoms with van der Waals surface area (Å²) in [6.45, 7) is 3.92. The van der Waals surface area contributed by atoms with Crippen LogP contribution in [0.4, 0.5) is 0 Å². The molecule has 2 heterocycles. The minimum absolute atomic E-state index is 0.0590. The number of carbonyl (C=O) groups excluding carboxylic acids is 1. The second-order valence-electron chi connectivity index (χ2n) is 7.26. The van der Waals surface area contributed by atoms with Crippen LogP contribution < -0.4 is 4.74 Å². The van der Waals surface area contributed by atoms with E-state index in [1.54, 1.807) is 0 Å². The number of para-hydroxylation sites is 1. The Morgan fingerprint density at radius 3 is 2.74 bits per heavy atom. The number of carbonyl (C=O) groups is 1. The Morgan fingerprint density at radius 2 is 1.93 bits per heavy atom. The number of amides is 1. The smallest absolute Gasteiger partial charge is 0.260 e. The normalized spacial score (nSPS) is 17.1. The Balaban J connectivity index is 1.59. The van der Waals surface area contributed by atoms with Crippen molar-refractivity contribution in [3.63, 3.8) is 0 Å². The number of aromatic nitrogens is 1. The zero-order chi connectivity index (χ0) is 18.6. The molecule has 138 valence electrons. The number of ether oxygens (including phenoxy) is 1. The third-order valence-electron chi connectivity index (χ3n) is 5.11. The number of likely N-dealkylation sites (tertiary alicyclic amines) is 1. The largest absolute Gasteiger partial charge is 0.483 e. The zero-order valence-corrected chi connectivity index (χ0v) is 15.6. The van der Waals surface area contributed by atoms with Crippen molar-refractivity contribution >= 4 is 16.8 Å². The van der Waals surface area contributed by atoms with E-state index in [2.05, 4.69) is 6.92 Å². The fourth-order valence-corrected chi connectivity index (χ4v) is 3.67. The second kappa shape index (κ2) is 7.78. The van der Waals surface area contributed by atoms with E-state index in [-0.39, 0.29) is 12.5 Å². The molecule has 3 aromatic rings. The number of pyridine rings is 1. The predicted octanol–water partition coefficient (Wildman–Crippen LogP) is 4.54. The van der Waals surface area contributed by atoms with Crippen LogP contribution in [0.1, 0.15) is 19.8 Å². The first-order chi connectivity index (χ1) is 13.2. The van der Waals surface area contributed by atoms with Gasteiger partial charge in [0.05, 0.1) is 11.2 Å². The Bertz CT molecular complexity index is 940. The minimum atomic E-state index is 0.0590. The Hall–Kier alpha value is -2.88. The maximum absolute atomic E-state index is 12.6. The maximum atomic E-state index is 12.6. The van der Waals surface area contributed by atoms with Crippen molar-refractivity contribution in [3.8, 4) is 17.0 Å². The minimum Gasteiger partial charge on any atom is -0.483 e.